The Morgan fingerprint density at radius 1 is 1.08 bits per heavy atom. The molecule has 0 unspecified atom stereocenters. The molecule has 1 aromatic heterocycles. The van der Waals surface area contributed by atoms with Crippen LogP contribution in [0.1, 0.15) is 42.0 Å². The van der Waals surface area contributed by atoms with Crippen LogP contribution in [0.3, 0.4) is 0 Å². The van der Waals surface area contributed by atoms with Gasteiger partial charge in [-0.1, -0.05) is 29.4 Å². The molecule has 0 atom stereocenters. The molecule has 0 fully saturated rings. The van der Waals surface area contributed by atoms with Crippen molar-refractivity contribution in [1.82, 2.24) is 15.2 Å². The topological polar surface area (TPSA) is 84.2 Å². The van der Waals surface area contributed by atoms with Gasteiger partial charge < -0.3 is 9.84 Å². The second-order valence-corrected chi connectivity index (χ2v) is 8.01. The molecule has 0 spiro atoms. The number of nitrogens with zero attached hydrogens (tertiary/aromatic N) is 1. The lowest BCUT2D eigenvalue weighted by molar-refractivity contribution is 0.392. The molecule has 132 valence electrons. The summed E-state index contributed by atoms with van der Waals surface area (Å²) in [5.41, 5.74) is 3.85. The van der Waals surface area contributed by atoms with Crippen molar-refractivity contribution >= 4 is 10.0 Å². The molecule has 0 aliphatic heterocycles. The highest BCUT2D eigenvalue weighted by Gasteiger charge is 2.13. The predicted molar refractivity (Wildman–Crippen MR) is 93.9 cm³/mol. The monoisotopic (exact) mass is 351 g/mol. The molecule has 0 radical (unpaired) electrons. The molecule has 6 nitrogen and oxygen atoms in total. The Hall–Kier alpha value is -1.70. The molecule has 1 heterocycles. The summed E-state index contributed by atoms with van der Waals surface area (Å²) in [7, 11) is -3.29. The summed E-state index contributed by atoms with van der Waals surface area (Å²) < 4.78 is 31.6. The third-order valence-electron chi connectivity index (χ3n) is 3.61. The van der Waals surface area contributed by atoms with E-state index >= 15 is 0 Å². The normalized spacial score (nSPS) is 12.0. The second-order valence-electron chi connectivity index (χ2n) is 6.25. The Balaban J connectivity index is 1.88. The maximum Gasteiger partial charge on any atom is 0.216 e. The maximum atomic E-state index is 11.9. The molecule has 0 amide bonds. The molecule has 2 N–H and O–H groups in total. The van der Waals surface area contributed by atoms with Gasteiger partial charge in [-0.3, -0.25) is 0 Å². The van der Waals surface area contributed by atoms with Crippen molar-refractivity contribution in [3.8, 4) is 0 Å². The number of benzene rings is 1. The van der Waals surface area contributed by atoms with Gasteiger partial charge in [-0.05, 0) is 38.8 Å². The van der Waals surface area contributed by atoms with Gasteiger partial charge in [0.05, 0.1) is 11.4 Å². The van der Waals surface area contributed by atoms with Crippen molar-refractivity contribution in [2.75, 3.05) is 0 Å². The van der Waals surface area contributed by atoms with Crippen LogP contribution >= 0.6 is 0 Å². The average Bonchev–Trinajstić information content (AvgIpc) is 2.79. The molecular formula is C17H25N3O3S. The molecule has 0 aliphatic rings. The summed E-state index contributed by atoms with van der Waals surface area (Å²) in [6.45, 7) is 8.83. The zero-order valence-electron chi connectivity index (χ0n) is 14.6. The van der Waals surface area contributed by atoms with Crippen LogP contribution in [0.4, 0.5) is 0 Å². The standard InChI is InChI=1S/C17H25N3O3S/c1-12(2)20-24(21,22)11-16-7-5-15(6-8-16)9-18-10-17-13(3)19-23-14(17)4/h5-8,12,18,20H,9-11H2,1-4H3. The quantitative estimate of drug-likeness (QED) is 0.763. The lowest BCUT2D eigenvalue weighted by Gasteiger charge is -2.10. The van der Waals surface area contributed by atoms with Crippen LogP contribution in [-0.2, 0) is 28.9 Å². The van der Waals surface area contributed by atoms with Gasteiger partial charge >= 0.3 is 0 Å². The first-order valence-corrected chi connectivity index (χ1v) is 9.62. The number of hydrogen-bond acceptors (Lipinski definition) is 5. The van der Waals surface area contributed by atoms with Crippen LogP contribution < -0.4 is 10.0 Å². The van der Waals surface area contributed by atoms with Crippen molar-refractivity contribution in [2.45, 2.75) is 52.6 Å². The van der Waals surface area contributed by atoms with Crippen molar-refractivity contribution < 1.29 is 12.9 Å². The Morgan fingerprint density at radius 3 is 2.25 bits per heavy atom. The Labute approximate surface area is 143 Å². The number of nitrogens with one attached hydrogen (secondary N) is 2. The highest BCUT2D eigenvalue weighted by molar-refractivity contribution is 7.88. The molecule has 2 aromatic rings. The molecule has 0 saturated heterocycles. The van der Waals surface area contributed by atoms with Crippen LogP contribution in [0.25, 0.3) is 0 Å². The van der Waals surface area contributed by atoms with E-state index in [4.69, 9.17) is 4.52 Å². The fourth-order valence-electron chi connectivity index (χ4n) is 2.46. The first-order valence-electron chi connectivity index (χ1n) is 7.97. The highest BCUT2D eigenvalue weighted by Crippen LogP contribution is 2.12. The summed E-state index contributed by atoms with van der Waals surface area (Å²) in [6, 6.07) is 7.50. The summed E-state index contributed by atoms with van der Waals surface area (Å²) in [5, 5.41) is 7.28. The van der Waals surface area contributed by atoms with Crippen LogP contribution in [0, 0.1) is 13.8 Å². The number of aromatic nitrogens is 1. The van der Waals surface area contributed by atoms with E-state index in [1.54, 1.807) is 0 Å². The second kappa shape index (κ2) is 7.92. The SMILES string of the molecule is Cc1noc(C)c1CNCc1ccc(CS(=O)(=O)NC(C)C)cc1. The molecular weight excluding hydrogens is 326 g/mol. The first-order chi connectivity index (χ1) is 11.3. The van der Waals surface area contributed by atoms with E-state index in [0.29, 0.717) is 13.1 Å². The van der Waals surface area contributed by atoms with E-state index < -0.39 is 10.0 Å². The van der Waals surface area contributed by atoms with Crippen molar-refractivity contribution in [1.29, 1.82) is 0 Å². The maximum absolute atomic E-state index is 11.9. The third-order valence-corrected chi connectivity index (χ3v) is 5.15. The van der Waals surface area contributed by atoms with E-state index in [0.717, 1.165) is 28.1 Å². The van der Waals surface area contributed by atoms with Gasteiger partial charge in [0.2, 0.25) is 10.0 Å². The van der Waals surface area contributed by atoms with Crippen LogP contribution in [0.2, 0.25) is 0 Å². The van der Waals surface area contributed by atoms with Crippen LogP contribution in [0.15, 0.2) is 28.8 Å². The minimum atomic E-state index is -3.29. The van der Waals surface area contributed by atoms with Gasteiger partial charge in [0.15, 0.2) is 0 Å². The van der Waals surface area contributed by atoms with E-state index in [-0.39, 0.29) is 11.8 Å². The highest BCUT2D eigenvalue weighted by atomic mass is 32.2. The van der Waals surface area contributed by atoms with E-state index in [9.17, 15) is 8.42 Å². The van der Waals surface area contributed by atoms with Gasteiger partial charge in [0.25, 0.3) is 0 Å². The largest absolute Gasteiger partial charge is 0.361 e. The van der Waals surface area contributed by atoms with Gasteiger partial charge in [-0.2, -0.15) is 0 Å². The fourth-order valence-corrected chi connectivity index (χ4v) is 3.89. The molecule has 0 bridgehead atoms. The lowest BCUT2D eigenvalue weighted by Crippen LogP contribution is -2.31. The Kier molecular flexibility index (Phi) is 6.15. The summed E-state index contributed by atoms with van der Waals surface area (Å²) >= 11 is 0. The van der Waals surface area contributed by atoms with E-state index in [1.807, 2.05) is 52.0 Å². The minimum Gasteiger partial charge on any atom is -0.361 e. The van der Waals surface area contributed by atoms with E-state index in [1.165, 1.54) is 0 Å². The van der Waals surface area contributed by atoms with Crippen molar-refractivity contribution in [3.05, 3.63) is 52.4 Å². The fraction of sp³-hybridized carbons (Fsp3) is 0.471. The van der Waals surface area contributed by atoms with Crippen LogP contribution in [0.5, 0.6) is 0 Å². The lowest BCUT2D eigenvalue weighted by atomic mass is 10.1. The smallest absolute Gasteiger partial charge is 0.216 e. The molecule has 2 rings (SSSR count). The van der Waals surface area contributed by atoms with Gasteiger partial charge in [0, 0.05) is 24.7 Å². The predicted octanol–water partition coefficient (Wildman–Crippen LogP) is 2.41. The zero-order valence-corrected chi connectivity index (χ0v) is 15.4. The number of sulfonamides is 1. The summed E-state index contributed by atoms with van der Waals surface area (Å²) in [4.78, 5) is 0. The van der Waals surface area contributed by atoms with Gasteiger partial charge in [-0.15, -0.1) is 0 Å². The van der Waals surface area contributed by atoms with Crippen molar-refractivity contribution in [3.63, 3.8) is 0 Å². The first kappa shape index (κ1) is 18.6. The van der Waals surface area contributed by atoms with E-state index in [2.05, 4.69) is 15.2 Å². The summed E-state index contributed by atoms with van der Waals surface area (Å²) in [6.07, 6.45) is 0. The molecule has 0 aliphatic carbocycles. The van der Waals surface area contributed by atoms with Gasteiger partial charge in [-0.25, -0.2) is 13.1 Å². The average molecular weight is 351 g/mol. The molecule has 7 heteroatoms. The Bertz CT molecular complexity index is 745. The van der Waals surface area contributed by atoms with Crippen LogP contribution in [-0.4, -0.2) is 19.6 Å². The number of hydrogen-bond donors (Lipinski definition) is 2. The van der Waals surface area contributed by atoms with Crippen molar-refractivity contribution in [2.24, 2.45) is 0 Å². The number of aryl methyl sites for hydroxylation is 2. The zero-order chi connectivity index (χ0) is 17.7. The van der Waals surface area contributed by atoms with Gasteiger partial charge in [0.1, 0.15) is 5.76 Å². The minimum absolute atomic E-state index is 0.00202. The Morgan fingerprint density at radius 2 is 1.71 bits per heavy atom. The molecule has 24 heavy (non-hydrogen) atoms. The number of rotatable bonds is 8. The summed E-state index contributed by atoms with van der Waals surface area (Å²) in [5.74, 6) is 0.830. The third kappa shape index (κ3) is 5.43. The molecule has 0 saturated carbocycles. The molecule has 1 aromatic carbocycles.